The molecule has 0 unspecified atom stereocenters. The van der Waals surface area contributed by atoms with E-state index in [1.54, 1.807) is 21.1 Å². The fraction of sp³-hybridized carbons (Fsp3) is 0.808. The lowest BCUT2D eigenvalue weighted by Gasteiger charge is -2.36. The molecule has 190 valence electrons. The molecule has 2 aliphatic rings. The number of hydrogen-bond donors (Lipinski definition) is 1. The molecule has 9 atom stereocenters. The summed E-state index contributed by atoms with van der Waals surface area (Å²) in [4.78, 5) is 11.6. The van der Waals surface area contributed by atoms with Gasteiger partial charge in [0.25, 0.3) is 0 Å². The van der Waals surface area contributed by atoms with E-state index in [2.05, 4.69) is 39.0 Å². The van der Waals surface area contributed by atoms with Crippen LogP contribution in [0.5, 0.6) is 0 Å². The van der Waals surface area contributed by atoms with E-state index in [4.69, 9.17) is 23.7 Å². The smallest absolute Gasteiger partial charge is 0.308 e. The molecule has 7 nitrogen and oxygen atoms in total. The van der Waals surface area contributed by atoms with Gasteiger partial charge >= 0.3 is 5.97 Å². The zero-order chi connectivity index (χ0) is 24.8. The second-order valence-corrected chi connectivity index (χ2v) is 9.94. The van der Waals surface area contributed by atoms with Crippen LogP contribution in [-0.2, 0) is 28.5 Å². The summed E-state index contributed by atoms with van der Waals surface area (Å²) in [6.07, 6.45) is 8.05. The molecular weight excluding hydrogens is 424 g/mol. The van der Waals surface area contributed by atoms with Crippen LogP contribution in [0.4, 0.5) is 0 Å². The van der Waals surface area contributed by atoms with Crippen LogP contribution in [0.2, 0.25) is 0 Å². The van der Waals surface area contributed by atoms with Gasteiger partial charge in [0, 0.05) is 20.1 Å². The molecule has 2 heterocycles. The normalized spacial score (nSPS) is 34.0. The highest BCUT2D eigenvalue weighted by atomic mass is 16.6. The van der Waals surface area contributed by atoms with Crippen LogP contribution in [0.25, 0.3) is 0 Å². The van der Waals surface area contributed by atoms with Gasteiger partial charge < -0.3 is 28.8 Å². The van der Waals surface area contributed by atoms with Gasteiger partial charge in [-0.05, 0) is 51.5 Å². The predicted molar refractivity (Wildman–Crippen MR) is 127 cm³/mol. The minimum absolute atomic E-state index is 0.0235. The molecule has 0 saturated carbocycles. The second kappa shape index (κ2) is 12.5. The van der Waals surface area contributed by atoms with Crippen molar-refractivity contribution in [1.29, 1.82) is 0 Å². The SMILES string of the molecule is COC(=O)C[C@H]1CC[C@@H](OC)[C@@H](/C(C)=C/C=C/[C@@H](C)C[C@@]2(C)O[C@@H]2[C@H](C)[C@@H](OC)[C@@H](C)O)O1. The Kier molecular flexibility index (Phi) is 10.6. The van der Waals surface area contributed by atoms with Crippen LogP contribution in [0, 0.1) is 11.8 Å². The summed E-state index contributed by atoms with van der Waals surface area (Å²) in [6.45, 7) is 10.2. The molecule has 0 radical (unpaired) electrons. The molecule has 1 N–H and O–H groups in total. The van der Waals surface area contributed by atoms with Crippen molar-refractivity contribution in [3.8, 4) is 0 Å². The van der Waals surface area contributed by atoms with Gasteiger partial charge in [-0.1, -0.05) is 32.1 Å². The number of epoxide rings is 1. The van der Waals surface area contributed by atoms with Gasteiger partial charge in [0.05, 0.1) is 49.7 Å². The number of carbonyl (C=O) groups excluding carboxylic acids is 1. The number of methoxy groups -OCH3 is 3. The zero-order valence-electron chi connectivity index (χ0n) is 21.6. The molecule has 0 spiro atoms. The maximum absolute atomic E-state index is 11.6. The largest absolute Gasteiger partial charge is 0.469 e. The summed E-state index contributed by atoms with van der Waals surface area (Å²) in [5.74, 6) is 0.186. The Morgan fingerprint density at radius 3 is 2.48 bits per heavy atom. The molecule has 2 saturated heterocycles. The van der Waals surface area contributed by atoms with Crippen molar-refractivity contribution < 1.29 is 33.6 Å². The average Bonchev–Trinajstić information content (AvgIpc) is 3.43. The van der Waals surface area contributed by atoms with Gasteiger partial charge in [0.2, 0.25) is 0 Å². The van der Waals surface area contributed by atoms with Crippen molar-refractivity contribution in [2.75, 3.05) is 21.3 Å². The summed E-state index contributed by atoms with van der Waals surface area (Å²) in [7, 11) is 4.73. The molecule has 0 aromatic carbocycles. The van der Waals surface area contributed by atoms with E-state index >= 15 is 0 Å². The Morgan fingerprint density at radius 1 is 1.21 bits per heavy atom. The number of allylic oxidation sites excluding steroid dienone is 3. The Bertz CT molecular complexity index is 688. The second-order valence-electron chi connectivity index (χ2n) is 9.94. The van der Waals surface area contributed by atoms with Crippen molar-refractivity contribution in [3.63, 3.8) is 0 Å². The quantitative estimate of drug-likeness (QED) is 0.265. The molecule has 0 bridgehead atoms. The number of esters is 1. The third kappa shape index (κ3) is 7.62. The Balaban J connectivity index is 1.92. The first kappa shape index (κ1) is 28.0. The van der Waals surface area contributed by atoms with Crippen LogP contribution in [-0.4, -0.2) is 74.6 Å². The first-order valence-corrected chi connectivity index (χ1v) is 12.0. The van der Waals surface area contributed by atoms with Crippen LogP contribution < -0.4 is 0 Å². The minimum Gasteiger partial charge on any atom is -0.469 e. The van der Waals surface area contributed by atoms with E-state index in [1.807, 2.05) is 6.92 Å². The van der Waals surface area contributed by atoms with E-state index in [1.165, 1.54) is 7.11 Å². The minimum atomic E-state index is -0.533. The Labute approximate surface area is 199 Å². The molecule has 33 heavy (non-hydrogen) atoms. The Hall–Kier alpha value is -1.25. The van der Waals surface area contributed by atoms with Crippen molar-refractivity contribution in [2.24, 2.45) is 11.8 Å². The van der Waals surface area contributed by atoms with Gasteiger partial charge in [0.15, 0.2) is 0 Å². The van der Waals surface area contributed by atoms with Gasteiger partial charge in [-0.25, -0.2) is 0 Å². The molecule has 7 heteroatoms. The third-order valence-corrected chi connectivity index (χ3v) is 7.03. The molecule has 0 aromatic rings. The maximum atomic E-state index is 11.6. The lowest BCUT2D eigenvalue weighted by molar-refractivity contribution is -0.152. The average molecular weight is 469 g/mol. The zero-order valence-corrected chi connectivity index (χ0v) is 21.6. The molecule has 0 aromatic heterocycles. The fourth-order valence-corrected chi connectivity index (χ4v) is 5.23. The predicted octanol–water partition coefficient (Wildman–Crippen LogP) is 3.83. The van der Waals surface area contributed by atoms with E-state index in [0.717, 1.165) is 24.8 Å². The van der Waals surface area contributed by atoms with Crippen molar-refractivity contribution in [2.45, 2.75) is 103 Å². The first-order valence-electron chi connectivity index (χ1n) is 12.0. The molecular formula is C26H44O7. The maximum Gasteiger partial charge on any atom is 0.308 e. The van der Waals surface area contributed by atoms with Gasteiger partial charge in [-0.2, -0.15) is 0 Å². The number of carbonyl (C=O) groups is 1. The summed E-state index contributed by atoms with van der Waals surface area (Å²) >= 11 is 0. The van der Waals surface area contributed by atoms with E-state index < -0.39 is 6.10 Å². The number of rotatable bonds is 12. The van der Waals surface area contributed by atoms with Crippen LogP contribution in [0.1, 0.15) is 60.3 Å². The number of aliphatic hydroxyl groups is 1. The highest BCUT2D eigenvalue weighted by molar-refractivity contribution is 5.69. The monoisotopic (exact) mass is 468 g/mol. The van der Waals surface area contributed by atoms with E-state index in [9.17, 15) is 9.90 Å². The molecule has 2 fully saturated rings. The van der Waals surface area contributed by atoms with Crippen molar-refractivity contribution in [1.82, 2.24) is 0 Å². The summed E-state index contributed by atoms with van der Waals surface area (Å²) < 4.78 is 28.1. The first-order chi connectivity index (χ1) is 15.6. The van der Waals surface area contributed by atoms with E-state index in [-0.39, 0.29) is 54.4 Å². The lowest BCUT2D eigenvalue weighted by Crippen LogP contribution is -2.41. The molecule has 2 rings (SSSR count). The Morgan fingerprint density at radius 2 is 1.91 bits per heavy atom. The van der Waals surface area contributed by atoms with Gasteiger partial charge in [0.1, 0.15) is 6.10 Å². The molecule has 0 aliphatic carbocycles. The lowest BCUT2D eigenvalue weighted by atomic mass is 9.86. The van der Waals surface area contributed by atoms with Gasteiger partial charge in [-0.3, -0.25) is 4.79 Å². The van der Waals surface area contributed by atoms with Crippen LogP contribution in [0.3, 0.4) is 0 Å². The van der Waals surface area contributed by atoms with Crippen molar-refractivity contribution >= 4 is 5.97 Å². The molecule has 0 amide bonds. The third-order valence-electron chi connectivity index (χ3n) is 7.03. The van der Waals surface area contributed by atoms with Crippen LogP contribution >= 0.6 is 0 Å². The summed E-state index contributed by atoms with van der Waals surface area (Å²) in [6, 6.07) is 0. The number of ether oxygens (including phenoxy) is 5. The summed E-state index contributed by atoms with van der Waals surface area (Å²) in [5, 5.41) is 9.96. The fourth-order valence-electron chi connectivity index (χ4n) is 5.23. The van der Waals surface area contributed by atoms with Gasteiger partial charge in [-0.15, -0.1) is 0 Å². The molecule has 2 aliphatic heterocycles. The van der Waals surface area contributed by atoms with Crippen LogP contribution in [0.15, 0.2) is 23.8 Å². The number of hydrogen-bond acceptors (Lipinski definition) is 7. The highest BCUT2D eigenvalue weighted by Gasteiger charge is 2.56. The topological polar surface area (TPSA) is 86.8 Å². The highest BCUT2D eigenvalue weighted by Crippen LogP contribution is 2.47. The summed E-state index contributed by atoms with van der Waals surface area (Å²) in [5.41, 5.74) is 0.864. The van der Waals surface area contributed by atoms with E-state index in [0.29, 0.717) is 5.92 Å². The van der Waals surface area contributed by atoms with Crippen molar-refractivity contribution in [3.05, 3.63) is 23.8 Å². The number of aliphatic hydroxyl groups excluding tert-OH is 1. The standard InChI is InChI=1S/C26H44O7/c1-16(15-26(5)25(33-26)18(3)24(31-8)19(4)27)10-9-11-17(2)23-21(29-6)13-12-20(32-23)14-22(28)30-7/h9-11,16,18-21,23-25,27H,12-15H2,1-8H3/b10-9+,17-11+/t16-,18-,19-,20-,21-,23-,24-,25-,26-/m1/s1.